The summed E-state index contributed by atoms with van der Waals surface area (Å²) in [5, 5.41) is 3.30. The molecule has 2 aromatic carbocycles. The van der Waals surface area contributed by atoms with Crippen LogP contribution in [-0.2, 0) is 11.2 Å². The summed E-state index contributed by atoms with van der Waals surface area (Å²) in [6.07, 6.45) is 1.48. The highest BCUT2D eigenvalue weighted by Gasteiger charge is 2.23. The highest BCUT2D eigenvalue weighted by atomic mass is 16.2. The second kappa shape index (κ2) is 6.00. The molecule has 3 nitrogen and oxygen atoms in total. The number of nitrogens with zero attached hydrogens (tertiary/aromatic N) is 1. The molecule has 1 aliphatic heterocycles. The van der Waals surface area contributed by atoms with Crippen molar-refractivity contribution in [2.24, 2.45) is 0 Å². The number of fused-ring (bicyclic) bond motifs is 1. The molecular formula is C18H20N2O. The van der Waals surface area contributed by atoms with Crippen molar-refractivity contribution in [2.75, 3.05) is 23.3 Å². The van der Waals surface area contributed by atoms with E-state index in [0.717, 1.165) is 24.3 Å². The van der Waals surface area contributed by atoms with Gasteiger partial charge in [0.2, 0.25) is 5.91 Å². The van der Waals surface area contributed by atoms with Crippen LogP contribution in [-0.4, -0.2) is 19.0 Å². The molecule has 0 atom stereocenters. The fourth-order valence-corrected chi connectivity index (χ4v) is 2.72. The van der Waals surface area contributed by atoms with Crippen LogP contribution in [0.15, 0.2) is 48.5 Å². The summed E-state index contributed by atoms with van der Waals surface area (Å²) in [5.41, 5.74) is 4.66. The molecule has 0 spiro atoms. The average Bonchev–Trinajstić information content (AvgIpc) is 2.93. The molecule has 3 rings (SSSR count). The van der Waals surface area contributed by atoms with E-state index in [2.05, 4.69) is 30.4 Å². The molecule has 0 fully saturated rings. The number of para-hydroxylation sites is 1. The molecule has 0 unspecified atom stereocenters. The highest BCUT2D eigenvalue weighted by Crippen LogP contribution is 2.27. The molecule has 0 radical (unpaired) electrons. The van der Waals surface area contributed by atoms with Gasteiger partial charge in [-0.05, 0) is 37.1 Å². The van der Waals surface area contributed by atoms with Crippen molar-refractivity contribution in [3.8, 4) is 0 Å². The number of aryl methyl sites for hydroxylation is 1. The molecule has 0 saturated carbocycles. The van der Waals surface area contributed by atoms with Gasteiger partial charge in [-0.3, -0.25) is 4.79 Å². The Labute approximate surface area is 125 Å². The first-order chi connectivity index (χ1) is 10.2. The van der Waals surface area contributed by atoms with Gasteiger partial charge in [-0.25, -0.2) is 0 Å². The van der Waals surface area contributed by atoms with Crippen molar-refractivity contribution in [1.29, 1.82) is 0 Å². The highest BCUT2D eigenvalue weighted by molar-refractivity contribution is 5.95. The molecule has 3 heteroatoms. The molecule has 108 valence electrons. The van der Waals surface area contributed by atoms with E-state index in [4.69, 9.17) is 0 Å². The van der Waals surface area contributed by atoms with E-state index in [1.807, 2.05) is 35.2 Å². The normalized spacial score (nSPS) is 13.1. The Morgan fingerprint density at radius 1 is 1.14 bits per heavy atom. The van der Waals surface area contributed by atoms with Crippen LogP contribution in [0.4, 0.5) is 11.4 Å². The number of rotatable bonds is 4. The number of benzene rings is 2. The number of carbonyl (C=O) groups is 1. The van der Waals surface area contributed by atoms with Gasteiger partial charge < -0.3 is 10.2 Å². The van der Waals surface area contributed by atoms with Gasteiger partial charge in [-0.2, -0.15) is 0 Å². The van der Waals surface area contributed by atoms with E-state index in [1.54, 1.807) is 0 Å². The van der Waals surface area contributed by atoms with Crippen LogP contribution in [0, 0.1) is 6.92 Å². The second-order valence-electron chi connectivity index (χ2n) is 5.47. The van der Waals surface area contributed by atoms with Crippen LogP contribution in [0.25, 0.3) is 0 Å². The van der Waals surface area contributed by atoms with Crippen molar-refractivity contribution < 1.29 is 4.79 Å². The lowest BCUT2D eigenvalue weighted by Crippen LogP contribution is -2.30. The zero-order valence-corrected chi connectivity index (χ0v) is 12.3. The Kier molecular flexibility index (Phi) is 3.91. The monoisotopic (exact) mass is 280 g/mol. The zero-order valence-electron chi connectivity index (χ0n) is 12.3. The number of hydrogen-bond acceptors (Lipinski definition) is 2. The molecule has 0 aliphatic carbocycles. The maximum absolute atomic E-state index is 12.3. The summed E-state index contributed by atoms with van der Waals surface area (Å²) in [6.45, 7) is 3.54. The quantitative estimate of drug-likeness (QED) is 0.931. The number of carbonyl (C=O) groups excluding carboxylic acids is 1. The van der Waals surface area contributed by atoms with Crippen molar-refractivity contribution in [3.05, 3.63) is 59.7 Å². The second-order valence-corrected chi connectivity index (χ2v) is 5.47. The van der Waals surface area contributed by atoms with E-state index < -0.39 is 0 Å². The number of amides is 1. The molecule has 21 heavy (non-hydrogen) atoms. The zero-order chi connectivity index (χ0) is 14.7. The summed E-state index contributed by atoms with van der Waals surface area (Å²) < 4.78 is 0. The minimum atomic E-state index is 0.194. The number of nitrogens with one attached hydrogen (secondary N) is 1. The van der Waals surface area contributed by atoms with Crippen molar-refractivity contribution in [1.82, 2.24) is 0 Å². The lowest BCUT2D eigenvalue weighted by Gasteiger charge is -2.17. The van der Waals surface area contributed by atoms with Crippen LogP contribution in [0.1, 0.15) is 17.5 Å². The maximum atomic E-state index is 12.3. The van der Waals surface area contributed by atoms with Gasteiger partial charge in [0.1, 0.15) is 0 Å². The minimum absolute atomic E-state index is 0.194. The van der Waals surface area contributed by atoms with Crippen LogP contribution in [0.2, 0.25) is 0 Å². The third-order valence-electron chi connectivity index (χ3n) is 3.91. The first kappa shape index (κ1) is 13.7. The predicted molar refractivity (Wildman–Crippen MR) is 86.8 cm³/mol. The summed E-state index contributed by atoms with van der Waals surface area (Å²) in [4.78, 5) is 14.2. The van der Waals surface area contributed by atoms with E-state index in [9.17, 15) is 4.79 Å². The molecule has 1 amide bonds. The average molecular weight is 280 g/mol. The summed E-state index contributed by atoms with van der Waals surface area (Å²) >= 11 is 0. The van der Waals surface area contributed by atoms with E-state index in [1.165, 1.54) is 11.1 Å². The SMILES string of the molecule is Cc1ccc(NCCC(=O)N2CCc3ccccc32)cc1. The van der Waals surface area contributed by atoms with Crippen LogP contribution < -0.4 is 10.2 Å². The Bertz CT molecular complexity index is 634. The third-order valence-corrected chi connectivity index (χ3v) is 3.91. The summed E-state index contributed by atoms with van der Waals surface area (Å²) in [6, 6.07) is 16.4. The first-order valence-corrected chi connectivity index (χ1v) is 7.43. The van der Waals surface area contributed by atoms with Gasteiger partial charge in [-0.1, -0.05) is 35.9 Å². The molecule has 1 heterocycles. The molecule has 1 N–H and O–H groups in total. The van der Waals surface area contributed by atoms with Gasteiger partial charge in [0.05, 0.1) is 0 Å². The molecule has 0 saturated heterocycles. The topological polar surface area (TPSA) is 32.3 Å². The van der Waals surface area contributed by atoms with E-state index in [-0.39, 0.29) is 5.91 Å². The van der Waals surface area contributed by atoms with Gasteiger partial charge in [0.25, 0.3) is 0 Å². The smallest absolute Gasteiger partial charge is 0.228 e. The lowest BCUT2D eigenvalue weighted by molar-refractivity contribution is -0.118. The first-order valence-electron chi connectivity index (χ1n) is 7.43. The number of anilines is 2. The fraction of sp³-hybridized carbons (Fsp3) is 0.278. The minimum Gasteiger partial charge on any atom is -0.385 e. The molecule has 1 aliphatic rings. The Hall–Kier alpha value is -2.29. The Morgan fingerprint density at radius 2 is 1.90 bits per heavy atom. The fourth-order valence-electron chi connectivity index (χ4n) is 2.72. The van der Waals surface area contributed by atoms with Crippen molar-refractivity contribution in [2.45, 2.75) is 19.8 Å². The third kappa shape index (κ3) is 3.07. The van der Waals surface area contributed by atoms with Crippen LogP contribution >= 0.6 is 0 Å². The standard InChI is InChI=1S/C18H20N2O/c1-14-6-8-16(9-7-14)19-12-10-18(21)20-13-11-15-4-2-3-5-17(15)20/h2-9,19H,10-13H2,1H3. The molecule has 0 aromatic heterocycles. The molecule has 2 aromatic rings. The molecule has 0 bridgehead atoms. The van der Waals surface area contributed by atoms with E-state index >= 15 is 0 Å². The largest absolute Gasteiger partial charge is 0.385 e. The van der Waals surface area contributed by atoms with Gasteiger partial charge in [0.15, 0.2) is 0 Å². The lowest BCUT2D eigenvalue weighted by atomic mass is 10.2. The van der Waals surface area contributed by atoms with Crippen LogP contribution in [0.5, 0.6) is 0 Å². The summed E-state index contributed by atoms with van der Waals surface area (Å²) in [5.74, 6) is 0.194. The molecular weight excluding hydrogens is 260 g/mol. The Balaban J connectivity index is 1.54. The Morgan fingerprint density at radius 3 is 2.71 bits per heavy atom. The van der Waals surface area contributed by atoms with Crippen molar-refractivity contribution in [3.63, 3.8) is 0 Å². The van der Waals surface area contributed by atoms with Gasteiger partial charge in [-0.15, -0.1) is 0 Å². The van der Waals surface area contributed by atoms with E-state index in [0.29, 0.717) is 13.0 Å². The number of hydrogen-bond donors (Lipinski definition) is 1. The maximum Gasteiger partial charge on any atom is 0.228 e. The summed E-state index contributed by atoms with van der Waals surface area (Å²) in [7, 11) is 0. The predicted octanol–water partition coefficient (Wildman–Crippen LogP) is 3.39. The van der Waals surface area contributed by atoms with Crippen molar-refractivity contribution >= 4 is 17.3 Å². The van der Waals surface area contributed by atoms with Gasteiger partial charge in [0, 0.05) is 30.9 Å². The van der Waals surface area contributed by atoms with Gasteiger partial charge >= 0.3 is 0 Å². The van der Waals surface area contributed by atoms with Crippen LogP contribution in [0.3, 0.4) is 0 Å².